The molecule has 0 fully saturated rings. The van der Waals surface area contributed by atoms with Crippen LogP contribution in [-0.2, 0) is 12.8 Å². The van der Waals surface area contributed by atoms with E-state index in [2.05, 4.69) is 43.6 Å². The Bertz CT molecular complexity index is 383. The highest BCUT2D eigenvalue weighted by Gasteiger charge is 2.01. The number of hydrogen-bond donors (Lipinski definition) is 0. The highest BCUT2D eigenvalue weighted by atomic mass is 79.9. The first-order valence-corrected chi connectivity index (χ1v) is 6.84. The topological polar surface area (TPSA) is 25.8 Å². The van der Waals surface area contributed by atoms with Crippen molar-refractivity contribution in [2.45, 2.75) is 19.3 Å². The third kappa shape index (κ3) is 2.87. The fraction of sp³-hybridized carbons (Fsp3) is 0.333. The lowest BCUT2D eigenvalue weighted by Crippen LogP contribution is -1.87. The fourth-order valence-corrected chi connectivity index (χ4v) is 3.20. The van der Waals surface area contributed by atoms with E-state index in [-0.39, 0.29) is 0 Å². The van der Waals surface area contributed by atoms with Crippen LogP contribution in [0.3, 0.4) is 0 Å². The van der Waals surface area contributed by atoms with Crippen molar-refractivity contribution in [3.05, 3.63) is 31.3 Å². The molecule has 0 bridgehead atoms. The summed E-state index contributed by atoms with van der Waals surface area (Å²) in [5.74, 6) is 0. The number of aromatic nitrogens is 2. The van der Waals surface area contributed by atoms with Gasteiger partial charge in [-0.05, 0) is 40.2 Å². The van der Waals surface area contributed by atoms with Crippen LogP contribution in [0, 0.1) is 0 Å². The van der Waals surface area contributed by atoms with Crippen LogP contribution in [0.2, 0.25) is 0 Å². The monoisotopic (exact) mass is 288 g/mol. The molecule has 0 atom stereocenters. The molecular formula is C9H9BrN2S2. The Labute approximate surface area is 99.1 Å². The molecule has 2 heterocycles. The zero-order valence-corrected chi connectivity index (χ0v) is 10.7. The first-order valence-electron chi connectivity index (χ1n) is 4.35. The van der Waals surface area contributed by atoms with Crippen LogP contribution in [0.15, 0.2) is 21.4 Å². The quantitative estimate of drug-likeness (QED) is 0.860. The summed E-state index contributed by atoms with van der Waals surface area (Å²) < 4.78 is 0.878. The van der Waals surface area contributed by atoms with Gasteiger partial charge in [0, 0.05) is 11.3 Å². The van der Waals surface area contributed by atoms with Gasteiger partial charge in [0.2, 0.25) is 0 Å². The minimum absolute atomic E-state index is 0.878. The van der Waals surface area contributed by atoms with Gasteiger partial charge in [-0.25, -0.2) is 0 Å². The van der Waals surface area contributed by atoms with Gasteiger partial charge < -0.3 is 0 Å². The lowest BCUT2D eigenvalue weighted by Gasteiger charge is -1.94. The normalized spacial score (nSPS) is 10.6. The van der Waals surface area contributed by atoms with E-state index in [9.17, 15) is 0 Å². The Morgan fingerprint density at radius 3 is 2.86 bits per heavy atom. The maximum Gasteiger partial charge on any atom is 0.183 e. The smallest absolute Gasteiger partial charge is 0.149 e. The van der Waals surface area contributed by atoms with E-state index in [1.165, 1.54) is 4.88 Å². The standard InChI is InChI=1S/C9H9BrN2S2/c10-9-12-11-8(14-9)5-1-3-7-4-2-6-13-7/h2,4,6H,1,3,5H2. The Hall–Kier alpha value is -0.260. The van der Waals surface area contributed by atoms with Crippen LogP contribution in [0.4, 0.5) is 0 Å². The van der Waals surface area contributed by atoms with Crippen LogP contribution in [0.25, 0.3) is 0 Å². The number of aryl methyl sites for hydroxylation is 2. The molecule has 0 aliphatic heterocycles. The van der Waals surface area contributed by atoms with Gasteiger partial charge in [-0.1, -0.05) is 17.4 Å². The van der Waals surface area contributed by atoms with E-state index < -0.39 is 0 Å². The number of halogens is 1. The Morgan fingerprint density at radius 2 is 2.21 bits per heavy atom. The predicted molar refractivity (Wildman–Crippen MR) is 64.0 cm³/mol. The van der Waals surface area contributed by atoms with Gasteiger partial charge in [-0.3, -0.25) is 0 Å². The van der Waals surface area contributed by atoms with Crippen LogP contribution in [-0.4, -0.2) is 10.2 Å². The molecule has 0 spiro atoms. The number of nitrogens with zero attached hydrogens (tertiary/aromatic N) is 2. The van der Waals surface area contributed by atoms with Gasteiger partial charge in [0.05, 0.1) is 0 Å². The van der Waals surface area contributed by atoms with Crippen LogP contribution < -0.4 is 0 Å². The van der Waals surface area contributed by atoms with Crippen molar-refractivity contribution in [1.29, 1.82) is 0 Å². The van der Waals surface area contributed by atoms with E-state index in [1.54, 1.807) is 11.3 Å². The van der Waals surface area contributed by atoms with Gasteiger partial charge in [-0.2, -0.15) is 0 Å². The summed E-state index contributed by atoms with van der Waals surface area (Å²) in [7, 11) is 0. The summed E-state index contributed by atoms with van der Waals surface area (Å²) >= 11 is 6.75. The van der Waals surface area contributed by atoms with Gasteiger partial charge in [-0.15, -0.1) is 21.5 Å². The molecule has 0 saturated carbocycles. The molecule has 14 heavy (non-hydrogen) atoms. The third-order valence-electron chi connectivity index (χ3n) is 1.84. The molecular weight excluding hydrogens is 280 g/mol. The molecule has 0 saturated heterocycles. The minimum atomic E-state index is 0.878. The molecule has 0 aliphatic carbocycles. The van der Waals surface area contributed by atoms with Gasteiger partial charge >= 0.3 is 0 Å². The summed E-state index contributed by atoms with van der Waals surface area (Å²) in [6, 6.07) is 4.28. The van der Waals surface area contributed by atoms with Crippen molar-refractivity contribution in [3.63, 3.8) is 0 Å². The average Bonchev–Trinajstić information content (AvgIpc) is 2.77. The van der Waals surface area contributed by atoms with E-state index in [1.807, 2.05) is 11.3 Å². The Kier molecular flexibility index (Phi) is 3.67. The molecule has 2 nitrogen and oxygen atoms in total. The molecule has 0 aromatic carbocycles. The van der Waals surface area contributed by atoms with Crippen molar-refractivity contribution in [1.82, 2.24) is 10.2 Å². The van der Waals surface area contributed by atoms with Crippen molar-refractivity contribution in [3.8, 4) is 0 Å². The molecule has 74 valence electrons. The van der Waals surface area contributed by atoms with Crippen molar-refractivity contribution in [2.24, 2.45) is 0 Å². The molecule has 0 amide bonds. The second-order valence-corrected chi connectivity index (χ2v) is 6.25. The molecule has 0 N–H and O–H groups in total. The lowest BCUT2D eigenvalue weighted by atomic mass is 10.2. The maximum absolute atomic E-state index is 4.06. The first-order chi connectivity index (χ1) is 6.84. The number of thiophene rings is 1. The molecule has 0 aliphatic rings. The Balaban J connectivity index is 1.78. The molecule has 2 rings (SSSR count). The van der Waals surface area contributed by atoms with Gasteiger partial charge in [0.25, 0.3) is 0 Å². The maximum atomic E-state index is 4.06. The second kappa shape index (κ2) is 5.00. The molecule has 0 radical (unpaired) electrons. The molecule has 2 aromatic rings. The summed E-state index contributed by atoms with van der Waals surface area (Å²) in [6.45, 7) is 0. The van der Waals surface area contributed by atoms with Gasteiger partial charge in [0.1, 0.15) is 5.01 Å². The molecule has 5 heteroatoms. The summed E-state index contributed by atoms with van der Waals surface area (Å²) in [5.41, 5.74) is 0. The van der Waals surface area contributed by atoms with Gasteiger partial charge in [0.15, 0.2) is 3.92 Å². The highest BCUT2D eigenvalue weighted by molar-refractivity contribution is 9.11. The third-order valence-corrected chi connectivity index (χ3v) is 4.19. The highest BCUT2D eigenvalue weighted by Crippen LogP contribution is 2.18. The van der Waals surface area contributed by atoms with E-state index in [0.29, 0.717) is 0 Å². The van der Waals surface area contributed by atoms with Crippen LogP contribution in [0.5, 0.6) is 0 Å². The van der Waals surface area contributed by atoms with Crippen molar-refractivity contribution in [2.75, 3.05) is 0 Å². The summed E-state index contributed by atoms with van der Waals surface area (Å²) in [5, 5.41) is 11.2. The van der Waals surface area contributed by atoms with E-state index >= 15 is 0 Å². The predicted octanol–water partition coefficient (Wildman–Crippen LogP) is 3.54. The summed E-state index contributed by atoms with van der Waals surface area (Å²) in [6.07, 6.45) is 3.33. The zero-order chi connectivity index (χ0) is 9.80. The van der Waals surface area contributed by atoms with Crippen molar-refractivity contribution >= 4 is 38.6 Å². The fourth-order valence-electron chi connectivity index (χ4n) is 1.20. The number of hydrogen-bond acceptors (Lipinski definition) is 4. The SMILES string of the molecule is Brc1nnc(CCCc2cccs2)s1. The summed E-state index contributed by atoms with van der Waals surface area (Å²) in [4.78, 5) is 1.45. The Morgan fingerprint density at radius 1 is 1.29 bits per heavy atom. The number of rotatable bonds is 4. The van der Waals surface area contributed by atoms with E-state index in [4.69, 9.17) is 0 Å². The minimum Gasteiger partial charge on any atom is -0.149 e. The largest absolute Gasteiger partial charge is 0.183 e. The first kappa shape index (κ1) is 10.3. The van der Waals surface area contributed by atoms with E-state index in [0.717, 1.165) is 28.2 Å². The second-order valence-electron chi connectivity index (χ2n) is 2.88. The molecule has 2 aromatic heterocycles. The zero-order valence-electron chi connectivity index (χ0n) is 7.44. The lowest BCUT2D eigenvalue weighted by molar-refractivity contribution is 0.809. The van der Waals surface area contributed by atoms with Crippen LogP contribution in [0.1, 0.15) is 16.3 Å². The van der Waals surface area contributed by atoms with Crippen molar-refractivity contribution < 1.29 is 0 Å². The molecule has 0 unspecified atom stereocenters. The van der Waals surface area contributed by atoms with Crippen LogP contribution >= 0.6 is 38.6 Å². The average molecular weight is 289 g/mol.